The largest absolute Gasteiger partial charge is 0.347 e. The van der Waals surface area contributed by atoms with Crippen molar-refractivity contribution in [3.63, 3.8) is 0 Å². The molecule has 1 aromatic heterocycles. The zero-order valence-corrected chi connectivity index (χ0v) is 8.87. The minimum atomic E-state index is -0.824. The first-order chi connectivity index (χ1) is 8.58. The molecule has 7 heteroatoms. The minimum Gasteiger partial charge on any atom is -0.338 e. The second-order valence-electron chi connectivity index (χ2n) is 3.35. The lowest BCUT2D eigenvalue weighted by Crippen LogP contribution is -2.13. The molecular weight excluding hydrogens is 242 g/mol. The molecule has 0 unspecified atom stereocenters. The second kappa shape index (κ2) is 4.63. The molecule has 0 bridgehead atoms. The van der Waals surface area contributed by atoms with Crippen LogP contribution in [-0.4, -0.2) is 9.97 Å². The number of nitrogens with zero attached hydrogens (tertiary/aromatic N) is 2. The molecule has 0 atom stereocenters. The van der Waals surface area contributed by atoms with Crippen LogP contribution in [0.3, 0.4) is 0 Å². The molecule has 90 valence electrons. The molecule has 0 aliphatic carbocycles. The van der Waals surface area contributed by atoms with Gasteiger partial charge in [0.1, 0.15) is 29.2 Å². The van der Waals surface area contributed by atoms with Gasteiger partial charge in [-0.25, -0.2) is 13.6 Å². The Kier molecular flexibility index (Phi) is 3.02. The highest BCUT2D eigenvalue weighted by Gasteiger charge is 2.06. The van der Waals surface area contributed by atoms with Crippen molar-refractivity contribution in [2.45, 2.75) is 0 Å². The van der Waals surface area contributed by atoms with Gasteiger partial charge in [0, 0.05) is 12.1 Å². The number of hydrogen-bond donors (Lipinski definition) is 2. The van der Waals surface area contributed by atoms with Crippen LogP contribution >= 0.6 is 0 Å². The predicted molar refractivity (Wildman–Crippen MR) is 59.2 cm³/mol. The molecule has 0 fully saturated rings. The number of rotatable bonds is 2. The fourth-order valence-electron chi connectivity index (χ4n) is 1.31. The zero-order chi connectivity index (χ0) is 13.1. The van der Waals surface area contributed by atoms with E-state index in [9.17, 15) is 13.6 Å². The standard InChI is InChI=1S/C11H6F2N4O/c12-6-1-2-9(8(13)3-6)16-10-4-7(5-14)15-11(18)17-10/h1-4H,(H2,15,16,17,18). The van der Waals surface area contributed by atoms with Crippen LogP contribution in [0.5, 0.6) is 0 Å². The van der Waals surface area contributed by atoms with E-state index in [1.807, 2.05) is 0 Å². The Bertz CT molecular complexity index is 690. The van der Waals surface area contributed by atoms with Gasteiger partial charge in [0.05, 0.1) is 5.69 Å². The molecule has 1 aromatic carbocycles. The summed E-state index contributed by atoms with van der Waals surface area (Å²) < 4.78 is 26.0. The first-order valence-electron chi connectivity index (χ1n) is 4.82. The van der Waals surface area contributed by atoms with Gasteiger partial charge in [0.2, 0.25) is 0 Å². The van der Waals surface area contributed by atoms with Crippen LogP contribution in [0.15, 0.2) is 29.1 Å². The molecule has 0 radical (unpaired) electrons. The fourth-order valence-corrected chi connectivity index (χ4v) is 1.31. The van der Waals surface area contributed by atoms with Gasteiger partial charge in [0.15, 0.2) is 0 Å². The third-order valence-electron chi connectivity index (χ3n) is 2.06. The second-order valence-corrected chi connectivity index (χ2v) is 3.35. The van der Waals surface area contributed by atoms with Crippen molar-refractivity contribution in [1.29, 1.82) is 5.26 Å². The monoisotopic (exact) mass is 248 g/mol. The number of nitriles is 1. The Hall–Kier alpha value is -2.75. The fraction of sp³-hybridized carbons (Fsp3) is 0. The van der Waals surface area contributed by atoms with Crippen LogP contribution in [0.25, 0.3) is 0 Å². The Morgan fingerprint density at radius 2 is 2.11 bits per heavy atom. The van der Waals surface area contributed by atoms with E-state index in [1.165, 1.54) is 12.1 Å². The van der Waals surface area contributed by atoms with Crippen LogP contribution in [-0.2, 0) is 0 Å². The van der Waals surface area contributed by atoms with Crippen LogP contribution in [0.4, 0.5) is 20.3 Å². The normalized spacial score (nSPS) is 9.83. The molecule has 0 saturated carbocycles. The average Bonchev–Trinajstić information content (AvgIpc) is 2.32. The van der Waals surface area contributed by atoms with Crippen molar-refractivity contribution in [3.8, 4) is 6.07 Å². The van der Waals surface area contributed by atoms with E-state index in [4.69, 9.17) is 5.26 Å². The lowest BCUT2D eigenvalue weighted by atomic mass is 10.3. The highest BCUT2D eigenvalue weighted by Crippen LogP contribution is 2.18. The maximum Gasteiger partial charge on any atom is 0.347 e. The van der Waals surface area contributed by atoms with Gasteiger partial charge in [-0.15, -0.1) is 0 Å². The van der Waals surface area contributed by atoms with Crippen molar-refractivity contribution in [3.05, 3.63) is 52.1 Å². The van der Waals surface area contributed by atoms with Gasteiger partial charge in [-0.2, -0.15) is 10.2 Å². The van der Waals surface area contributed by atoms with Crippen LogP contribution in [0, 0.1) is 23.0 Å². The highest BCUT2D eigenvalue weighted by molar-refractivity contribution is 5.57. The van der Waals surface area contributed by atoms with E-state index >= 15 is 0 Å². The maximum absolute atomic E-state index is 13.3. The Morgan fingerprint density at radius 1 is 1.33 bits per heavy atom. The summed E-state index contributed by atoms with van der Waals surface area (Å²) in [6, 6.07) is 5.89. The van der Waals surface area contributed by atoms with Crippen molar-refractivity contribution >= 4 is 11.5 Å². The molecular formula is C11H6F2N4O. The van der Waals surface area contributed by atoms with Gasteiger partial charge in [-0.05, 0) is 12.1 Å². The van der Waals surface area contributed by atoms with Crippen LogP contribution in [0.1, 0.15) is 5.69 Å². The number of anilines is 2. The molecule has 2 N–H and O–H groups in total. The number of aromatic nitrogens is 2. The molecule has 18 heavy (non-hydrogen) atoms. The van der Waals surface area contributed by atoms with Crippen molar-refractivity contribution in [2.24, 2.45) is 0 Å². The molecule has 0 saturated heterocycles. The average molecular weight is 248 g/mol. The van der Waals surface area contributed by atoms with E-state index in [1.54, 1.807) is 6.07 Å². The minimum absolute atomic E-state index is 0.000748. The van der Waals surface area contributed by atoms with E-state index < -0.39 is 17.3 Å². The number of aromatic amines is 1. The van der Waals surface area contributed by atoms with E-state index in [0.717, 1.165) is 6.07 Å². The molecule has 0 amide bonds. The summed E-state index contributed by atoms with van der Waals surface area (Å²) in [6.07, 6.45) is 0. The van der Waals surface area contributed by atoms with Crippen LogP contribution < -0.4 is 11.0 Å². The predicted octanol–water partition coefficient (Wildman–Crippen LogP) is 1.66. The van der Waals surface area contributed by atoms with Crippen molar-refractivity contribution in [2.75, 3.05) is 5.32 Å². The molecule has 0 aliphatic heterocycles. The molecule has 2 rings (SSSR count). The summed E-state index contributed by atoms with van der Waals surface area (Å²) in [7, 11) is 0. The summed E-state index contributed by atoms with van der Waals surface area (Å²) in [5, 5.41) is 11.1. The topological polar surface area (TPSA) is 81.6 Å². The molecule has 5 nitrogen and oxygen atoms in total. The van der Waals surface area contributed by atoms with Gasteiger partial charge in [-0.1, -0.05) is 0 Å². The van der Waals surface area contributed by atoms with Gasteiger partial charge in [-0.3, -0.25) is 4.98 Å². The smallest absolute Gasteiger partial charge is 0.338 e. The number of benzene rings is 1. The van der Waals surface area contributed by atoms with E-state index in [2.05, 4.69) is 15.3 Å². The van der Waals surface area contributed by atoms with E-state index in [-0.39, 0.29) is 17.2 Å². The van der Waals surface area contributed by atoms with Crippen LogP contribution in [0.2, 0.25) is 0 Å². The molecule has 2 aromatic rings. The first kappa shape index (κ1) is 11.7. The van der Waals surface area contributed by atoms with Crippen molar-refractivity contribution < 1.29 is 8.78 Å². The number of hydrogen-bond acceptors (Lipinski definition) is 4. The summed E-state index contributed by atoms with van der Waals surface area (Å²) in [5.41, 5.74) is -0.794. The van der Waals surface area contributed by atoms with E-state index in [0.29, 0.717) is 6.07 Å². The molecule has 1 heterocycles. The SMILES string of the molecule is N#Cc1cc(Nc2ccc(F)cc2F)nc(=O)[nH]1. The van der Waals surface area contributed by atoms with Gasteiger partial charge < -0.3 is 5.32 Å². The third kappa shape index (κ3) is 2.49. The summed E-state index contributed by atoms with van der Waals surface area (Å²) in [5.74, 6) is -1.54. The molecule has 0 aliphatic rings. The summed E-state index contributed by atoms with van der Waals surface area (Å²) in [6.45, 7) is 0. The summed E-state index contributed by atoms with van der Waals surface area (Å²) >= 11 is 0. The Morgan fingerprint density at radius 3 is 2.78 bits per heavy atom. The Labute approximate surface area is 99.7 Å². The van der Waals surface area contributed by atoms with Crippen molar-refractivity contribution in [1.82, 2.24) is 9.97 Å². The third-order valence-corrected chi connectivity index (χ3v) is 2.06. The Balaban J connectivity index is 2.37. The first-order valence-corrected chi connectivity index (χ1v) is 4.82. The zero-order valence-electron chi connectivity index (χ0n) is 8.87. The number of nitrogens with one attached hydrogen (secondary N) is 2. The molecule has 0 spiro atoms. The highest BCUT2D eigenvalue weighted by atomic mass is 19.1. The number of H-pyrrole nitrogens is 1. The summed E-state index contributed by atoms with van der Waals surface area (Å²) in [4.78, 5) is 16.8. The lowest BCUT2D eigenvalue weighted by molar-refractivity contribution is 0.586. The van der Waals surface area contributed by atoms with Gasteiger partial charge >= 0.3 is 5.69 Å². The quantitative estimate of drug-likeness (QED) is 0.846. The van der Waals surface area contributed by atoms with Gasteiger partial charge in [0.25, 0.3) is 0 Å². The maximum atomic E-state index is 13.3. The number of halogens is 2. The lowest BCUT2D eigenvalue weighted by Gasteiger charge is -2.06.